The van der Waals surface area contributed by atoms with E-state index in [1.54, 1.807) is 13.0 Å². The lowest BCUT2D eigenvalue weighted by molar-refractivity contribution is 0.0520. The van der Waals surface area contributed by atoms with Crippen LogP contribution in [0.4, 0.5) is 4.39 Å². The van der Waals surface area contributed by atoms with Gasteiger partial charge in [-0.15, -0.1) is 5.10 Å². The molecule has 1 saturated heterocycles. The van der Waals surface area contributed by atoms with Gasteiger partial charge in [0.25, 0.3) is 0 Å². The number of carbonyl (C=O) groups is 1. The normalized spacial score (nSPS) is 16.0. The average Bonchev–Trinajstić information content (AvgIpc) is 3.12. The van der Waals surface area contributed by atoms with E-state index < -0.39 is 5.97 Å². The quantitative estimate of drug-likeness (QED) is 0.793. The van der Waals surface area contributed by atoms with Crippen molar-refractivity contribution < 1.29 is 13.9 Å². The summed E-state index contributed by atoms with van der Waals surface area (Å²) in [5, 5.41) is 10.5. The minimum Gasteiger partial charge on any atom is -0.461 e. The Labute approximate surface area is 152 Å². The summed E-state index contributed by atoms with van der Waals surface area (Å²) in [5.41, 5.74) is 2.00. The van der Waals surface area contributed by atoms with Crippen molar-refractivity contribution in [3.05, 3.63) is 35.3 Å². The zero-order chi connectivity index (χ0) is 18.5. The molecule has 1 N–H and O–H groups in total. The summed E-state index contributed by atoms with van der Waals surface area (Å²) in [5.74, 6) is -0.847. The maximum Gasteiger partial charge on any atom is 0.361 e. The molecule has 0 unspecified atom stereocenters. The molecule has 0 amide bonds. The number of halogens is 1. The molecule has 2 heterocycles. The third-order valence-electron chi connectivity index (χ3n) is 4.65. The molecule has 8 heteroatoms. The van der Waals surface area contributed by atoms with Gasteiger partial charge in [-0.2, -0.15) is 10.3 Å². The fourth-order valence-corrected chi connectivity index (χ4v) is 3.19. The number of hydrogen-bond acceptors (Lipinski definition) is 6. The number of H-pyrrole nitrogens is 1. The van der Waals surface area contributed by atoms with Gasteiger partial charge in [0.1, 0.15) is 11.5 Å². The Bertz CT molecular complexity index is 756. The predicted octanol–water partition coefficient (Wildman–Crippen LogP) is 1.93. The number of aromatic nitrogens is 3. The van der Waals surface area contributed by atoms with Crippen molar-refractivity contribution in [1.82, 2.24) is 25.2 Å². The molecule has 1 aliphatic rings. The van der Waals surface area contributed by atoms with Gasteiger partial charge in [0.05, 0.1) is 6.61 Å². The first-order valence-corrected chi connectivity index (χ1v) is 8.93. The van der Waals surface area contributed by atoms with Crippen molar-refractivity contribution in [1.29, 1.82) is 0 Å². The maximum absolute atomic E-state index is 13.9. The SMILES string of the molecule is CCOC(=O)c1n[nH]nc1-c1ccc(F)cc1CN1CCN(CC)CC1. The Morgan fingerprint density at radius 2 is 1.92 bits per heavy atom. The van der Waals surface area contributed by atoms with Gasteiger partial charge in [-0.25, -0.2) is 9.18 Å². The van der Waals surface area contributed by atoms with Crippen molar-refractivity contribution in [3.63, 3.8) is 0 Å². The number of benzene rings is 1. The van der Waals surface area contributed by atoms with E-state index in [2.05, 4.69) is 32.1 Å². The molecule has 3 rings (SSSR count). The van der Waals surface area contributed by atoms with Crippen LogP contribution >= 0.6 is 0 Å². The van der Waals surface area contributed by atoms with Gasteiger partial charge in [-0.1, -0.05) is 6.92 Å². The van der Waals surface area contributed by atoms with Gasteiger partial charge in [-0.05, 0) is 37.2 Å². The highest BCUT2D eigenvalue weighted by Gasteiger charge is 2.23. The van der Waals surface area contributed by atoms with Gasteiger partial charge < -0.3 is 9.64 Å². The van der Waals surface area contributed by atoms with E-state index >= 15 is 0 Å². The Balaban J connectivity index is 1.86. The monoisotopic (exact) mass is 361 g/mol. The number of carbonyl (C=O) groups excluding carboxylic acids is 1. The molecule has 7 nitrogen and oxygen atoms in total. The first-order valence-electron chi connectivity index (χ1n) is 8.93. The van der Waals surface area contributed by atoms with Gasteiger partial charge in [0.2, 0.25) is 0 Å². The minimum absolute atomic E-state index is 0.121. The van der Waals surface area contributed by atoms with Crippen LogP contribution in [0.25, 0.3) is 11.3 Å². The lowest BCUT2D eigenvalue weighted by Crippen LogP contribution is -2.45. The molecule has 1 aliphatic heterocycles. The standard InChI is InChI=1S/C18H24FN5O2/c1-3-23-7-9-24(10-8-23)12-13-11-14(19)5-6-15(13)16-17(21-22-20-16)18(25)26-4-2/h5-6,11H,3-4,7-10,12H2,1-2H3,(H,20,21,22). The van der Waals surface area contributed by atoms with Crippen molar-refractivity contribution in [2.75, 3.05) is 39.3 Å². The number of aromatic amines is 1. The van der Waals surface area contributed by atoms with Crippen LogP contribution in [-0.2, 0) is 11.3 Å². The van der Waals surface area contributed by atoms with Crippen LogP contribution in [0.1, 0.15) is 29.9 Å². The lowest BCUT2D eigenvalue weighted by Gasteiger charge is -2.34. The Morgan fingerprint density at radius 3 is 2.62 bits per heavy atom. The number of piperazine rings is 1. The Kier molecular flexibility index (Phi) is 5.95. The van der Waals surface area contributed by atoms with Crippen LogP contribution in [0.5, 0.6) is 0 Å². The van der Waals surface area contributed by atoms with E-state index in [9.17, 15) is 9.18 Å². The molecule has 0 aliphatic carbocycles. The smallest absolute Gasteiger partial charge is 0.361 e. The number of rotatable bonds is 6. The van der Waals surface area contributed by atoms with Gasteiger partial charge >= 0.3 is 5.97 Å². The van der Waals surface area contributed by atoms with E-state index in [1.807, 2.05) is 0 Å². The molecule has 1 fully saturated rings. The minimum atomic E-state index is -0.539. The second-order valence-corrected chi connectivity index (χ2v) is 6.25. The Morgan fingerprint density at radius 1 is 1.19 bits per heavy atom. The first-order chi connectivity index (χ1) is 12.6. The number of esters is 1. The van der Waals surface area contributed by atoms with Crippen molar-refractivity contribution in [3.8, 4) is 11.3 Å². The summed E-state index contributed by atoms with van der Waals surface area (Å²) in [4.78, 5) is 16.8. The molecular formula is C18H24FN5O2. The van der Waals surface area contributed by atoms with Gasteiger partial charge in [-0.3, -0.25) is 4.90 Å². The van der Waals surface area contributed by atoms with E-state index in [0.717, 1.165) is 38.3 Å². The number of nitrogens with zero attached hydrogens (tertiary/aromatic N) is 4. The maximum atomic E-state index is 13.9. The summed E-state index contributed by atoms with van der Waals surface area (Å²) in [6.45, 7) is 9.63. The van der Waals surface area contributed by atoms with Crippen molar-refractivity contribution >= 4 is 5.97 Å². The van der Waals surface area contributed by atoms with E-state index in [0.29, 0.717) is 17.8 Å². The molecule has 0 atom stereocenters. The summed E-state index contributed by atoms with van der Waals surface area (Å²) in [6, 6.07) is 4.52. The lowest BCUT2D eigenvalue weighted by atomic mass is 10.0. The van der Waals surface area contributed by atoms with Crippen LogP contribution in [0, 0.1) is 5.82 Å². The average molecular weight is 361 g/mol. The molecule has 2 aromatic rings. The van der Waals surface area contributed by atoms with E-state index in [1.165, 1.54) is 12.1 Å². The first kappa shape index (κ1) is 18.5. The molecule has 0 spiro atoms. The fourth-order valence-electron chi connectivity index (χ4n) is 3.19. The van der Waals surface area contributed by atoms with Gasteiger partial charge in [0, 0.05) is 38.3 Å². The van der Waals surface area contributed by atoms with Crippen molar-refractivity contribution in [2.24, 2.45) is 0 Å². The highest BCUT2D eigenvalue weighted by atomic mass is 19.1. The highest BCUT2D eigenvalue weighted by molar-refractivity contribution is 5.94. The molecule has 1 aromatic heterocycles. The van der Waals surface area contributed by atoms with E-state index in [-0.39, 0.29) is 18.1 Å². The second-order valence-electron chi connectivity index (χ2n) is 6.25. The zero-order valence-electron chi connectivity index (χ0n) is 15.2. The van der Waals surface area contributed by atoms with Crippen LogP contribution in [-0.4, -0.2) is 70.5 Å². The third kappa shape index (κ3) is 4.08. The summed E-state index contributed by atoms with van der Waals surface area (Å²) < 4.78 is 18.9. The number of ether oxygens (including phenoxy) is 1. The summed E-state index contributed by atoms with van der Waals surface area (Å²) in [7, 11) is 0. The largest absolute Gasteiger partial charge is 0.461 e. The predicted molar refractivity (Wildman–Crippen MR) is 95.1 cm³/mol. The Hall–Kier alpha value is -2.32. The van der Waals surface area contributed by atoms with Crippen LogP contribution in [0.3, 0.4) is 0 Å². The molecule has 0 saturated carbocycles. The van der Waals surface area contributed by atoms with Crippen molar-refractivity contribution in [2.45, 2.75) is 20.4 Å². The van der Waals surface area contributed by atoms with Crippen LogP contribution in [0.15, 0.2) is 18.2 Å². The van der Waals surface area contributed by atoms with Crippen LogP contribution < -0.4 is 0 Å². The third-order valence-corrected chi connectivity index (χ3v) is 4.65. The zero-order valence-corrected chi connectivity index (χ0v) is 15.2. The fraction of sp³-hybridized carbons (Fsp3) is 0.500. The molecule has 140 valence electrons. The molecule has 0 radical (unpaired) electrons. The molecule has 26 heavy (non-hydrogen) atoms. The highest BCUT2D eigenvalue weighted by Crippen LogP contribution is 2.27. The molecular weight excluding hydrogens is 337 g/mol. The number of nitrogens with one attached hydrogen (secondary N) is 1. The van der Waals surface area contributed by atoms with Crippen LogP contribution in [0.2, 0.25) is 0 Å². The van der Waals surface area contributed by atoms with Gasteiger partial charge in [0.15, 0.2) is 5.69 Å². The molecule has 1 aromatic carbocycles. The number of hydrogen-bond donors (Lipinski definition) is 1. The second kappa shape index (κ2) is 8.37. The summed E-state index contributed by atoms with van der Waals surface area (Å²) in [6.07, 6.45) is 0. The topological polar surface area (TPSA) is 74.3 Å². The summed E-state index contributed by atoms with van der Waals surface area (Å²) >= 11 is 0. The molecule has 0 bridgehead atoms. The number of likely N-dealkylation sites (N-methyl/N-ethyl adjacent to an activating group) is 1. The van der Waals surface area contributed by atoms with E-state index in [4.69, 9.17) is 4.74 Å².